The van der Waals surface area contributed by atoms with E-state index in [-0.39, 0.29) is 18.1 Å². The summed E-state index contributed by atoms with van der Waals surface area (Å²) in [5.74, 6) is -2.10. The van der Waals surface area contributed by atoms with Gasteiger partial charge in [0.15, 0.2) is 11.6 Å². The predicted octanol–water partition coefficient (Wildman–Crippen LogP) is 3.47. The van der Waals surface area contributed by atoms with Crippen LogP contribution in [0.15, 0.2) is 30.3 Å². The van der Waals surface area contributed by atoms with Gasteiger partial charge in [0.05, 0.1) is 6.42 Å². The van der Waals surface area contributed by atoms with Crippen LogP contribution in [0.3, 0.4) is 0 Å². The Morgan fingerprint density at radius 3 is 2.48 bits per heavy atom. The molecule has 2 N–H and O–H groups in total. The van der Waals surface area contributed by atoms with Crippen molar-refractivity contribution in [1.82, 2.24) is 0 Å². The molecule has 2 aromatic carbocycles. The van der Waals surface area contributed by atoms with Crippen molar-refractivity contribution in [3.05, 3.63) is 58.7 Å². The molecule has 21 heavy (non-hydrogen) atoms. The molecule has 0 radical (unpaired) electrons. The number of aromatic hydroxyl groups is 1. The average molecular weight is 291 g/mol. The Balaban J connectivity index is 2.11. The molecule has 0 unspecified atom stereocenters. The minimum atomic E-state index is -0.975. The van der Waals surface area contributed by atoms with E-state index in [1.165, 1.54) is 6.07 Å². The van der Waals surface area contributed by atoms with Crippen LogP contribution in [0.4, 0.5) is 14.5 Å². The molecule has 2 aromatic rings. The van der Waals surface area contributed by atoms with Crippen LogP contribution < -0.4 is 5.32 Å². The van der Waals surface area contributed by atoms with Crippen LogP contribution in [0.5, 0.6) is 5.75 Å². The second-order valence-electron chi connectivity index (χ2n) is 4.93. The van der Waals surface area contributed by atoms with Gasteiger partial charge in [-0.3, -0.25) is 4.79 Å². The summed E-state index contributed by atoms with van der Waals surface area (Å²) in [4.78, 5) is 11.9. The van der Waals surface area contributed by atoms with Gasteiger partial charge in [-0.1, -0.05) is 6.07 Å². The monoisotopic (exact) mass is 291 g/mol. The lowest BCUT2D eigenvalue weighted by Gasteiger charge is -2.11. The SMILES string of the molecule is Cc1cc(NC(=O)Cc2ccc(F)c(F)c2)c(C)cc1O. The molecule has 5 heteroatoms. The summed E-state index contributed by atoms with van der Waals surface area (Å²) >= 11 is 0. The first-order valence-corrected chi connectivity index (χ1v) is 6.41. The Hall–Kier alpha value is -2.43. The van der Waals surface area contributed by atoms with Crippen molar-refractivity contribution in [1.29, 1.82) is 0 Å². The van der Waals surface area contributed by atoms with Crippen LogP contribution in [0.2, 0.25) is 0 Å². The lowest BCUT2D eigenvalue weighted by molar-refractivity contribution is -0.115. The average Bonchev–Trinajstić information content (AvgIpc) is 2.40. The Kier molecular flexibility index (Phi) is 4.21. The second kappa shape index (κ2) is 5.91. The standard InChI is InChI=1S/C16H15F2NO2/c1-9-6-15(20)10(2)5-14(9)19-16(21)8-11-3-4-12(17)13(18)7-11/h3-7,20H,8H2,1-2H3,(H,19,21). The number of nitrogens with one attached hydrogen (secondary N) is 1. The highest BCUT2D eigenvalue weighted by molar-refractivity contribution is 5.93. The zero-order valence-corrected chi connectivity index (χ0v) is 11.7. The third-order valence-electron chi connectivity index (χ3n) is 3.17. The summed E-state index contributed by atoms with van der Waals surface area (Å²) in [6.45, 7) is 3.48. The van der Waals surface area contributed by atoms with Gasteiger partial charge in [-0.2, -0.15) is 0 Å². The molecule has 110 valence electrons. The Morgan fingerprint density at radius 1 is 1.10 bits per heavy atom. The number of carbonyl (C=O) groups excluding carboxylic acids is 1. The number of carbonyl (C=O) groups is 1. The quantitative estimate of drug-likeness (QED) is 0.851. The third-order valence-corrected chi connectivity index (χ3v) is 3.17. The maximum Gasteiger partial charge on any atom is 0.228 e. The number of anilines is 1. The van der Waals surface area contributed by atoms with Crippen LogP contribution in [0.25, 0.3) is 0 Å². The minimum Gasteiger partial charge on any atom is -0.508 e. The van der Waals surface area contributed by atoms with Gasteiger partial charge in [0, 0.05) is 5.69 Å². The van der Waals surface area contributed by atoms with E-state index >= 15 is 0 Å². The number of hydrogen-bond donors (Lipinski definition) is 2. The van der Waals surface area contributed by atoms with Crippen LogP contribution >= 0.6 is 0 Å². The zero-order chi connectivity index (χ0) is 15.6. The molecule has 0 saturated heterocycles. The van der Waals surface area contributed by atoms with Crippen LogP contribution in [0.1, 0.15) is 16.7 Å². The summed E-state index contributed by atoms with van der Waals surface area (Å²) in [6, 6.07) is 6.58. The van der Waals surface area contributed by atoms with Gasteiger partial charge in [-0.15, -0.1) is 0 Å². The highest BCUT2D eigenvalue weighted by Gasteiger charge is 2.10. The Bertz CT molecular complexity index is 699. The van der Waals surface area contributed by atoms with Gasteiger partial charge >= 0.3 is 0 Å². The number of hydrogen-bond acceptors (Lipinski definition) is 2. The van der Waals surface area contributed by atoms with Crippen molar-refractivity contribution in [3.8, 4) is 5.75 Å². The summed E-state index contributed by atoms with van der Waals surface area (Å²) in [6.07, 6.45) is -0.0590. The highest BCUT2D eigenvalue weighted by atomic mass is 19.2. The van der Waals surface area contributed by atoms with Crippen LogP contribution in [-0.2, 0) is 11.2 Å². The van der Waals surface area contributed by atoms with Gasteiger partial charge in [0.25, 0.3) is 0 Å². The molecule has 0 aromatic heterocycles. The second-order valence-corrected chi connectivity index (χ2v) is 4.93. The molecule has 0 fully saturated rings. The molecule has 0 aliphatic heterocycles. The van der Waals surface area contributed by atoms with E-state index in [1.54, 1.807) is 26.0 Å². The molecular formula is C16H15F2NO2. The fourth-order valence-electron chi connectivity index (χ4n) is 1.97. The highest BCUT2D eigenvalue weighted by Crippen LogP contribution is 2.25. The smallest absolute Gasteiger partial charge is 0.228 e. The first-order valence-electron chi connectivity index (χ1n) is 6.41. The maximum atomic E-state index is 13.1. The number of rotatable bonds is 3. The molecule has 0 aliphatic carbocycles. The summed E-state index contributed by atoms with van der Waals surface area (Å²) in [5.41, 5.74) is 2.33. The number of phenols is 1. The van der Waals surface area contributed by atoms with E-state index < -0.39 is 11.6 Å². The largest absolute Gasteiger partial charge is 0.508 e. The molecule has 0 heterocycles. The molecular weight excluding hydrogens is 276 g/mol. The van der Waals surface area contributed by atoms with E-state index in [9.17, 15) is 18.7 Å². The normalized spacial score (nSPS) is 10.5. The van der Waals surface area contributed by atoms with Crippen LogP contribution in [0, 0.1) is 25.5 Å². The number of benzene rings is 2. The molecule has 2 rings (SSSR count). The minimum absolute atomic E-state index is 0.0590. The first kappa shape index (κ1) is 15.0. The maximum absolute atomic E-state index is 13.1. The lowest BCUT2D eigenvalue weighted by atomic mass is 10.1. The summed E-state index contributed by atoms with van der Waals surface area (Å²) in [7, 11) is 0. The molecule has 3 nitrogen and oxygen atoms in total. The van der Waals surface area contributed by atoms with Crippen LogP contribution in [-0.4, -0.2) is 11.0 Å². The van der Waals surface area contributed by atoms with Crippen molar-refractivity contribution in [3.63, 3.8) is 0 Å². The summed E-state index contributed by atoms with van der Waals surface area (Å²) in [5, 5.41) is 12.3. The number of halogens is 2. The van der Waals surface area contributed by atoms with Crippen molar-refractivity contribution in [2.24, 2.45) is 0 Å². The van der Waals surface area contributed by atoms with E-state index in [4.69, 9.17) is 0 Å². The van der Waals surface area contributed by atoms with Gasteiger partial charge < -0.3 is 10.4 Å². The molecule has 0 saturated carbocycles. The van der Waals surface area contributed by atoms with E-state index in [0.717, 1.165) is 17.7 Å². The van der Waals surface area contributed by atoms with Gasteiger partial charge in [-0.05, 0) is 54.8 Å². The van der Waals surface area contributed by atoms with Crippen molar-refractivity contribution in [2.45, 2.75) is 20.3 Å². The Labute approximate surface area is 121 Å². The topological polar surface area (TPSA) is 49.3 Å². The first-order chi connectivity index (χ1) is 9.86. The molecule has 0 aliphatic rings. The van der Waals surface area contributed by atoms with Gasteiger partial charge in [0.1, 0.15) is 5.75 Å². The number of amides is 1. The lowest BCUT2D eigenvalue weighted by Crippen LogP contribution is -2.15. The van der Waals surface area contributed by atoms with E-state index in [2.05, 4.69) is 5.32 Å². The van der Waals surface area contributed by atoms with Gasteiger partial charge in [0.2, 0.25) is 5.91 Å². The molecule has 1 amide bonds. The van der Waals surface area contributed by atoms with Gasteiger partial charge in [-0.25, -0.2) is 8.78 Å². The molecule has 0 bridgehead atoms. The predicted molar refractivity (Wildman–Crippen MR) is 76.3 cm³/mol. The van der Waals surface area contributed by atoms with Crippen molar-refractivity contribution in [2.75, 3.05) is 5.32 Å². The van der Waals surface area contributed by atoms with E-state index in [1.807, 2.05) is 0 Å². The number of aryl methyl sites for hydroxylation is 2. The molecule has 0 atom stereocenters. The third kappa shape index (κ3) is 3.56. The Morgan fingerprint density at radius 2 is 1.81 bits per heavy atom. The van der Waals surface area contributed by atoms with Crippen molar-refractivity contribution < 1.29 is 18.7 Å². The van der Waals surface area contributed by atoms with Crippen molar-refractivity contribution >= 4 is 11.6 Å². The fourth-order valence-corrected chi connectivity index (χ4v) is 1.97. The zero-order valence-electron chi connectivity index (χ0n) is 11.7. The number of phenolic OH excluding ortho intramolecular Hbond substituents is 1. The molecule has 0 spiro atoms. The van der Waals surface area contributed by atoms with E-state index in [0.29, 0.717) is 16.8 Å². The summed E-state index contributed by atoms with van der Waals surface area (Å²) < 4.78 is 25.9. The fraction of sp³-hybridized carbons (Fsp3) is 0.188.